The summed E-state index contributed by atoms with van der Waals surface area (Å²) in [5, 5.41) is 7.70. The van der Waals surface area contributed by atoms with Crippen LogP contribution in [0, 0.1) is 0 Å². The van der Waals surface area contributed by atoms with Crippen molar-refractivity contribution in [1.29, 1.82) is 0 Å². The molecule has 3 N–H and O–H groups in total. The van der Waals surface area contributed by atoms with Gasteiger partial charge in [-0.25, -0.2) is 13.6 Å². The van der Waals surface area contributed by atoms with Gasteiger partial charge in [-0.15, -0.1) is 0 Å². The highest BCUT2D eigenvalue weighted by atomic mass is 32.2. The molecule has 0 bridgehead atoms. The van der Waals surface area contributed by atoms with Crippen molar-refractivity contribution >= 4 is 15.7 Å². The second kappa shape index (κ2) is 8.73. The number of halogens is 3. The van der Waals surface area contributed by atoms with E-state index in [1.807, 2.05) is 24.3 Å². The van der Waals surface area contributed by atoms with Gasteiger partial charge in [0.2, 0.25) is 10.0 Å². The fraction of sp³-hybridized carbons (Fsp3) is 0.400. The molecule has 0 saturated carbocycles. The van der Waals surface area contributed by atoms with Crippen LogP contribution in [0.1, 0.15) is 36.0 Å². The number of hydrogen-bond acceptors (Lipinski definition) is 4. The van der Waals surface area contributed by atoms with E-state index in [0.29, 0.717) is 6.07 Å². The normalized spacial score (nSPS) is 16.0. The monoisotopic (exact) mass is 427 g/mol. The van der Waals surface area contributed by atoms with Gasteiger partial charge in [-0.05, 0) is 55.3 Å². The van der Waals surface area contributed by atoms with Crippen molar-refractivity contribution in [3.63, 3.8) is 0 Å². The van der Waals surface area contributed by atoms with Crippen LogP contribution >= 0.6 is 0 Å². The maximum Gasteiger partial charge on any atom is 0.418 e. The minimum absolute atomic E-state index is 0.182. The lowest BCUT2D eigenvalue weighted by atomic mass is 10.1. The lowest BCUT2D eigenvalue weighted by molar-refractivity contribution is -0.137. The van der Waals surface area contributed by atoms with Crippen molar-refractivity contribution < 1.29 is 21.6 Å². The van der Waals surface area contributed by atoms with Crippen LogP contribution in [0.3, 0.4) is 0 Å². The highest BCUT2D eigenvalue weighted by Gasteiger charge is 2.34. The van der Waals surface area contributed by atoms with Crippen molar-refractivity contribution in [3.8, 4) is 0 Å². The lowest BCUT2D eigenvalue weighted by Crippen LogP contribution is -2.29. The standard InChI is InChI=1S/C20H24F3N3O2S/c21-20(22,23)18-12-17(29(24,27)28)8-9-19(18)25-13-15-4-6-16(7-5-15)14-26-10-2-1-3-11-26/h4-9,12,25H,1-3,10-11,13-14H2,(H2,24,27,28). The average molecular weight is 427 g/mol. The van der Waals surface area contributed by atoms with E-state index in [0.717, 1.165) is 37.3 Å². The van der Waals surface area contributed by atoms with Crippen LogP contribution < -0.4 is 10.5 Å². The van der Waals surface area contributed by atoms with Gasteiger partial charge in [0.25, 0.3) is 0 Å². The topological polar surface area (TPSA) is 75.4 Å². The summed E-state index contributed by atoms with van der Waals surface area (Å²) < 4.78 is 62.7. The highest BCUT2D eigenvalue weighted by molar-refractivity contribution is 7.89. The Bertz CT molecular complexity index is 938. The summed E-state index contributed by atoms with van der Waals surface area (Å²) in [7, 11) is -4.22. The number of nitrogens with two attached hydrogens (primary N) is 1. The number of alkyl halides is 3. The molecule has 1 fully saturated rings. The SMILES string of the molecule is NS(=O)(=O)c1ccc(NCc2ccc(CN3CCCCC3)cc2)c(C(F)(F)F)c1. The second-order valence-electron chi connectivity index (χ2n) is 7.26. The molecular weight excluding hydrogens is 403 g/mol. The Morgan fingerprint density at radius 3 is 2.17 bits per heavy atom. The van der Waals surface area contributed by atoms with E-state index in [2.05, 4.69) is 10.2 Å². The zero-order valence-electron chi connectivity index (χ0n) is 15.9. The minimum atomic E-state index is -4.71. The first-order valence-electron chi connectivity index (χ1n) is 9.41. The maximum absolute atomic E-state index is 13.3. The number of benzene rings is 2. The number of piperidine rings is 1. The van der Waals surface area contributed by atoms with Crippen molar-refractivity contribution in [2.24, 2.45) is 5.14 Å². The van der Waals surface area contributed by atoms with E-state index in [4.69, 9.17) is 5.14 Å². The molecule has 5 nitrogen and oxygen atoms in total. The van der Waals surface area contributed by atoms with Crippen LogP contribution in [0.4, 0.5) is 18.9 Å². The number of hydrogen-bond donors (Lipinski definition) is 2. The lowest BCUT2D eigenvalue weighted by Gasteiger charge is -2.26. The summed E-state index contributed by atoms with van der Waals surface area (Å²) in [5.41, 5.74) is 0.744. The Labute approximate surface area is 168 Å². The van der Waals surface area contributed by atoms with Gasteiger partial charge in [0, 0.05) is 18.8 Å². The van der Waals surface area contributed by atoms with Gasteiger partial charge in [-0.1, -0.05) is 30.7 Å². The molecule has 1 heterocycles. The molecule has 0 radical (unpaired) electrons. The van der Waals surface area contributed by atoms with E-state index in [1.165, 1.54) is 24.8 Å². The molecule has 0 aromatic heterocycles. The van der Waals surface area contributed by atoms with Gasteiger partial charge in [0.1, 0.15) is 0 Å². The summed E-state index contributed by atoms with van der Waals surface area (Å²) in [6.07, 6.45) is -0.998. The van der Waals surface area contributed by atoms with Gasteiger partial charge in [-0.2, -0.15) is 13.2 Å². The average Bonchev–Trinajstić information content (AvgIpc) is 2.67. The number of sulfonamides is 1. The smallest absolute Gasteiger partial charge is 0.380 e. The molecule has 0 amide bonds. The first-order chi connectivity index (χ1) is 13.6. The van der Waals surface area contributed by atoms with Crippen LogP contribution in [-0.2, 0) is 29.3 Å². The van der Waals surface area contributed by atoms with Gasteiger partial charge in [-0.3, -0.25) is 4.90 Å². The van der Waals surface area contributed by atoms with Gasteiger partial charge >= 0.3 is 6.18 Å². The van der Waals surface area contributed by atoms with Crippen LogP contribution in [0.25, 0.3) is 0 Å². The minimum Gasteiger partial charge on any atom is -0.380 e. The van der Waals surface area contributed by atoms with Crippen molar-refractivity contribution in [3.05, 3.63) is 59.2 Å². The fourth-order valence-corrected chi connectivity index (χ4v) is 3.96. The van der Waals surface area contributed by atoms with Crippen LogP contribution in [-0.4, -0.2) is 26.4 Å². The van der Waals surface area contributed by atoms with Crippen LogP contribution in [0.5, 0.6) is 0 Å². The molecule has 1 aliphatic heterocycles. The quantitative estimate of drug-likeness (QED) is 0.732. The maximum atomic E-state index is 13.3. The summed E-state index contributed by atoms with van der Waals surface area (Å²) in [6, 6.07) is 10.5. The molecule has 3 rings (SSSR count). The van der Waals surface area contributed by atoms with E-state index in [-0.39, 0.29) is 12.2 Å². The molecule has 0 atom stereocenters. The van der Waals surface area contributed by atoms with Crippen molar-refractivity contribution in [2.45, 2.75) is 43.4 Å². The summed E-state index contributed by atoms with van der Waals surface area (Å²) in [6.45, 7) is 3.25. The molecule has 0 spiro atoms. The van der Waals surface area contributed by atoms with Crippen LogP contribution in [0.2, 0.25) is 0 Å². The summed E-state index contributed by atoms with van der Waals surface area (Å²) in [4.78, 5) is 1.83. The zero-order valence-corrected chi connectivity index (χ0v) is 16.7. The molecule has 2 aromatic rings. The van der Waals surface area contributed by atoms with Crippen LogP contribution in [0.15, 0.2) is 47.4 Å². The predicted molar refractivity (Wildman–Crippen MR) is 106 cm³/mol. The second-order valence-corrected chi connectivity index (χ2v) is 8.82. The third kappa shape index (κ3) is 5.94. The number of rotatable bonds is 6. The molecule has 2 aromatic carbocycles. The van der Waals surface area contributed by atoms with Gasteiger partial charge in [0.15, 0.2) is 0 Å². The van der Waals surface area contributed by atoms with Gasteiger partial charge in [0.05, 0.1) is 10.5 Å². The predicted octanol–water partition coefficient (Wildman–Crippen LogP) is 3.95. The van der Waals surface area contributed by atoms with Gasteiger partial charge < -0.3 is 5.32 Å². The molecule has 0 unspecified atom stereocenters. The Kier molecular flexibility index (Phi) is 6.50. The first-order valence-corrected chi connectivity index (χ1v) is 11.0. The Hall–Kier alpha value is -2.10. The Morgan fingerprint density at radius 2 is 1.59 bits per heavy atom. The van der Waals surface area contributed by atoms with E-state index >= 15 is 0 Å². The number of anilines is 1. The highest BCUT2D eigenvalue weighted by Crippen LogP contribution is 2.36. The van der Waals surface area contributed by atoms with Crippen molar-refractivity contribution in [1.82, 2.24) is 4.90 Å². The Morgan fingerprint density at radius 1 is 0.966 bits per heavy atom. The zero-order chi connectivity index (χ0) is 21.1. The fourth-order valence-electron chi connectivity index (χ4n) is 3.42. The van der Waals surface area contributed by atoms with Crippen molar-refractivity contribution in [2.75, 3.05) is 18.4 Å². The molecule has 1 saturated heterocycles. The Balaban J connectivity index is 1.69. The number of likely N-dealkylation sites (tertiary alicyclic amines) is 1. The first kappa shape index (κ1) is 21.6. The third-order valence-corrected chi connectivity index (χ3v) is 5.90. The molecule has 1 aliphatic rings. The number of nitrogens with one attached hydrogen (secondary N) is 1. The number of primary sulfonamides is 1. The summed E-state index contributed by atoms with van der Waals surface area (Å²) >= 11 is 0. The molecule has 0 aliphatic carbocycles. The van der Waals surface area contributed by atoms with E-state index in [1.54, 1.807) is 0 Å². The third-order valence-electron chi connectivity index (χ3n) is 4.99. The number of nitrogens with zero attached hydrogens (tertiary/aromatic N) is 1. The van der Waals surface area contributed by atoms with E-state index in [9.17, 15) is 21.6 Å². The largest absolute Gasteiger partial charge is 0.418 e. The van der Waals surface area contributed by atoms with E-state index < -0.39 is 26.7 Å². The molecular formula is C20H24F3N3O2S. The summed E-state index contributed by atoms with van der Waals surface area (Å²) in [5.74, 6) is 0. The molecule has 158 valence electrons. The molecule has 29 heavy (non-hydrogen) atoms. The molecule has 9 heteroatoms.